The van der Waals surface area contributed by atoms with Gasteiger partial charge < -0.3 is 20.4 Å². The molecule has 0 spiro atoms. The third-order valence-corrected chi connectivity index (χ3v) is 9.05. The molecule has 172 valence electrons. The summed E-state index contributed by atoms with van der Waals surface area (Å²) in [6.45, 7) is 5.86. The number of aliphatic carboxylic acids is 1. The smallest absolute Gasteiger partial charge is 0.325 e. The van der Waals surface area contributed by atoms with Crippen molar-refractivity contribution < 1.29 is 24.6 Å². The van der Waals surface area contributed by atoms with Gasteiger partial charge in [0.1, 0.15) is 6.04 Å². The second-order valence-corrected chi connectivity index (χ2v) is 10.6. The van der Waals surface area contributed by atoms with Crippen LogP contribution in [0.3, 0.4) is 0 Å². The Labute approximate surface area is 184 Å². The average Bonchev–Trinajstić information content (AvgIpc) is 3.02. The summed E-state index contributed by atoms with van der Waals surface area (Å²) in [6.07, 6.45) is 10.6. The maximum atomic E-state index is 11.8. The van der Waals surface area contributed by atoms with Gasteiger partial charge in [0.2, 0.25) is 0 Å². The van der Waals surface area contributed by atoms with Crippen LogP contribution in [0.2, 0.25) is 0 Å². The number of fused-ring (bicyclic) bond motifs is 5. The molecule has 1 unspecified atom stereocenters. The molecule has 3 saturated carbocycles. The van der Waals surface area contributed by atoms with Crippen LogP contribution in [0.15, 0.2) is 16.8 Å². The number of hydrogen-bond donors (Lipinski definition) is 3. The summed E-state index contributed by atoms with van der Waals surface area (Å²) in [4.78, 5) is 27.8. The zero-order valence-electron chi connectivity index (χ0n) is 18.9. The summed E-state index contributed by atoms with van der Waals surface area (Å²) < 4.78 is 0. The van der Waals surface area contributed by atoms with Crippen molar-refractivity contribution in [1.82, 2.24) is 5.32 Å². The molecule has 0 aromatic heterocycles. The summed E-state index contributed by atoms with van der Waals surface area (Å²) in [5.74, 6) is 0.442. The van der Waals surface area contributed by atoms with Crippen molar-refractivity contribution in [3.05, 3.63) is 11.6 Å². The van der Waals surface area contributed by atoms with Gasteiger partial charge in [-0.15, -0.1) is 0 Å². The molecular formula is C24H36N2O5. The van der Waals surface area contributed by atoms with Gasteiger partial charge in [-0.2, -0.15) is 0 Å². The normalized spacial score (nSPS) is 41.4. The largest absolute Gasteiger partial charge is 0.480 e. The Morgan fingerprint density at radius 2 is 1.97 bits per heavy atom. The minimum Gasteiger partial charge on any atom is -0.480 e. The van der Waals surface area contributed by atoms with Crippen LogP contribution >= 0.6 is 0 Å². The summed E-state index contributed by atoms with van der Waals surface area (Å²) in [6, 6.07) is -0.949. The molecule has 0 aromatic carbocycles. The Bertz CT molecular complexity index is 808. The van der Waals surface area contributed by atoms with Gasteiger partial charge in [-0.1, -0.05) is 24.6 Å². The zero-order valence-corrected chi connectivity index (χ0v) is 18.9. The van der Waals surface area contributed by atoms with Crippen molar-refractivity contribution in [3.8, 4) is 0 Å². The number of hydrogen-bond acceptors (Lipinski definition) is 5. The van der Waals surface area contributed by atoms with E-state index in [1.54, 1.807) is 0 Å². The monoisotopic (exact) mass is 432 g/mol. The molecule has 31 heavy (non-hydrogen) atoms. The molecule has 7 nitrogen and oxygen atoms in total. The fourth-order valence-corrected chi connectivity index (χ4v) is 7.13. The zero-order chi connectivity index (χ0) is 22.4. The van der Waals surface area contributed by atoms with Gasteiger partial charge in [0.05, 0.1) is 11.8 Å². The number of oxime groups is 1. The highest BCUT2D eigenvalue weighted by Gasteiger charge is 2.58. The van der Waals surface area contributed by atoms with Crippen molar-refractivity contribution in [3.63, 3.8) is 0 Å². The first-order valence-electron chi connectivity index (χ1n) is 11.8. The van der Waals surface area contributed by atoms with Gasteiger partial charge >= 0.3 is 5.97 Å². The highest BCUT2D eigenvalue weighted by Crippen LogP contribution is 2.65. The first kappa shape index (κ1) is 22.3. The molecule has 0 bridgehead atoms. The van der Waals surface area contributed by atoms with Gasteiger partial charge in [0.15, 0.2) is 6.61 Å². The van der Waals surface area contributed by atoms with E-state index in [0.717, 1.165) is 44.2 Å². The lowest BCUT2D eigenvalue weighted by Crippen LogP contribution is -2.51. The lowest BCUT2D eigenvalue weighted by atomic mass is 9.47. The standard InChI is InChI=1S/C24H36N2O5/c1-14(22(29)30)25-21(28)13-31-26-16-8-10-23(2)15(12-16)4-5-17-18-6-7-20(27)24(18,3)11-9-19(17)23/h12,14,17-20,27H,4-11,13H2,1-3H3,(H,25,28)(H,29,30)/b26-16+/t14?,17-,18-,19-,20+,23-,24-/m0/s1. The van der Waals surface area contributed by atoms with Crippen molar-refractivity contribution in [2.24, 2.45) is 33.7 Å². The third-order valence-electron chi connectivity index (χ3n) is 9.05. The van der Waals surface area contributed by atoms with E-state index in [-0.39, 0.29) is 23.5 Å². The number of carbonyl (C=O) groups is 2. The van der Waals surface area contributed by atoms with Crippen LogP contribution < -0.4 is 5.32 Å². The predicted octanol–water partition coefficient (Wildman–Crippen LogP) is 3.27. The van der Waals surface area contributed by atoms with E-state index >= 15 is 0 Å². The highest BCUT2D eigenvalue weighted by molar-refractivity contribution is 5.96. The molecule has 0 aliphatic heterocycles. The number of nitrogens with zero attached hydrogens (tertiary/aromatic N) is 1. The maximum absolute atomic E-state index is 11.8. The molecule has 3 N–H and O–H groups in total. The van der Waals surface area contributed by atoms with Crippen molar-refractivity contribution in [1.29, 1.82) is 0 Å². The molecule has 4 aliphatic rings. The molecule has 1 amide bonds. The average molecular weight is 433 g/mol. The van der Waals surface area contributed by atoms with Crippen LogP contribution in [0, 0.1) is 28.6 Å². The van der Waals surface area contributed by atoms with Gasteiger partial charge in [-0.05, 0) is 93.0 Å². The Morgan fingerprint density at radius 1 is 1.19 bits per heavy atom. The molecule has 0 radical (unpaired) electrons. The molecule has 4 aliphatic carbocycles. The first-order chi connectivity index (χ1) is 14.6. The highest BCUT2D eigenvalue weighted by atomic mass is 16.6. The van der Waals surface area contributed by atoms with E-state index in [1.807, 2.05) is 0 Å². The van der Waals surface area contributed by atoms with E-state index in [2.05, 4.69) is 30.4 Å². The first-order valence-corrected chi connectivity index (χ1v) is 11.8. The summed E-state index contributed by atoms with van der Waals surface area (Å²) in [5, 5.41) is 26.0. The molecule has 0 heterocycles. The molecule has 0 saturated heterocycles. The van der Waals surface area contributed by atoms with Crippen LogP contribution in [-0.4, -0.2) is 46.6 Å². The van der Waals surface area contributed by atoms with E-state index in [4.69, 9.17) is 9.94 Å². The summed E-state index contributed by atoms with van der Waals surface area (Å²) in [5.41, 5.74) is 2.60. The van der Waals surface area contributed by atoms with Crippen molar-refractivity contribution in [2.45, 2.75) is 84.3 Å². The summed E-state index contributed by atoms with van der Waals surface area (Å²) >= 11 is 0. The van der Waals surface area contributed by atoms with E-state index in [1.165, 1.54) is 25.3 Å². The van der Waals surface area contributed by atoms with Crippen molar-refractivity contribution in [2.75, 3.05) is 6.61 Å². The Balaban J connectivity index is 1.41. The number of carboxylic acids is 1. The van der Waals surface area contributed by atoms with Crippen molar-refractivity contribution >= 4 is 17.6 Å². The third kappa shape index (κ3) is 3.90. The number of rotatable bonds is 5. The number of allylic oxidation sites excluding steroid dienone is 2. The van der Waals surface area contributed by atoms with Gasteiger partial charge in [0, 0.05) is 0 Å². The van der Waals surface area contributed by atoms with E-state index < -0.39 is 17.9 Å². The number of nitrogens with one attached hydrogen (secondary N) is 1. The van der Waals surface area contributed by atoms with Gasteiger partial charge in [0.25, 0.3) is 5.91 Å². The lowest BCUT2D eigenvalue weighted by Gasteiger charge is -2.57. The second-order valence-electron chi connectivity index (χ2n) is 10.6. The minimum absolute atomic E-state index is 0.104. The second kappa shape index (κ2) is 8.23. The number of carboxylic acid groups (broad SMARTS) is 1. The fourth-order valence-electron chi connectivity index (χ4n) is 7.13. The number of aliphatic hydroxyl groups is 1. The van der Waals surface area contributed by atoms with E-state index in [9.17, 15) is 14.7 Å². The minimum atomic E-state index is -1.08. The Morgan fingerprint density at radius 3 is 2.71 bits per heavy atom. The van der Waals surface area contributed by atoms with E-state index in [0.29, 0.717) is 17.8 Å². The molecule has 7 heteroatoms. The molecule has 4 rings (SSSR count). The number of amides is 1. The summed E-state index contributed by atoms with van der Waals surface area (Å²) in [7, 11) is 0. The quantitative estimate of drug-likeness (QED) is 0.578. The molecular weight excluding hydrogens is 396 g/mol. The van der Waals surface area contributed by atoms with Gasteiger partial charge in [-0.25, -0.2) is 0 Å². The van der Waals surface area contributed by atoms with Gasteiger partial charge in [-0.3, -0.25) is 9.59 Å². The van der Waals surface area contributed by atoms with Crippen LogP contribution in [-0.2, 0) is 14.4 Å². The Kier molecular flexibility index (Phi) is 5.92. The number of carbonyl (C=O) groups excluding carboxylic acids is 1. The molecule has 3 fully saturated rings. The SMILES string of the molecule is CC(NC(=O)CO/N=C1/C=C2CC[C@H]3[C@@H]4CC[C@@H](O)[C@@]4(C)CC[C@@H]3[C@@]2(C)CC1)C(=O)O. The maximum Gasteiger partial charge on any atom is 0.325 e. The topological polar surface area (TPSA) is 108 Å². The van der Waals surface area contributed by atoms with Crippen LogP contribution in [0.1, 0.15) is 72.1 Å². The number of aliphatic hydroxyl groups excluding tert-OH is 1. The molecule has 0 aromatic rings. The Hall–Kier alpha value is -1.89. The van der Waals surface area contributed by atoms with Crippen LogP contribution in [0.25, 0.3) is 0 Å². The predicted molar refractivity (Wildman–Crippen MR) is 116 cm³/mol. The van der Waals surface area contributed by atoms with Crippen LogP contribution in [0.5, 0.6) is 0 Å². The molecule has 7 atom stereocenters. The lowest BCUT2D eigenvalue weighted by molar-refractivity contribution is -0.142. The fraction of sp³-hybridized carbons (Fsp3) is 0.792. The van der Waals surface area contributed by atoms with Crippen LogP contribution in [0.4, 0.5) is 0 Å².